The number of benzene rings is 2. The molecular weight excluding hydrogens is 370 g/mol. The minimum atomic E-state index is -0.748. The summed E-state index contributed by atoms with van der Waals surface area (Å²) in [7, 11) is 0. The number of carbonyl (C=O) groups is 3. The summed E-state index contributed by atoms with van der Waals surface area (Å²) in [5.41, 5.74) is 8.01. The number of esters is 1. The maximum absolute atomic E-state index is 12.5. The summed E-state index contributed by atoms with van der Waals surface area (Å²) in [4.78, 5) is 36.3. The second-order valence-electron chi connectivity index (χ2n) is 6.74. The summed E-state index contributed by atoms with van der Waals surface area (Å²) in [5, 5.41) is 5.38. The third-order valence-electron chi connectivity index (χ3n) is 4.54. The van der Waals surface area contributed by atoms with E-state index in [1.807, 2.05) is 30.3 Å². The van der Waals surface area contributed by atoms with Gasteiger partial charge in [0.2, 0.25) is 5.91 Å². The number of hydrogen-bond acceptors (Lipinski definition) is 5. The van der Waals surface area contributed by atoms with E-state index in [0.717, 1.165) is 5.56 Å². The first-order chi connectivity index (χ1) is 13.8. The number of ether oxygens (including phenoxy) is 1. The summed E-state index contributed by atoms with van der Waals surface area (Å²) >= 11 is 0. The molecule has 0 saturated carbocycles. The van der Waals surface area contributed by atoms with Crippen molar-refractivity contribution in [3.8, 4) is 0 Å². The van der Waals surface area contributed by atoms with Crippen molar-refractivity contribution in [2.75, 3.05) is 11.9 Å². The third kappa shape index (κ3) is 6.15. The number of nitrogens with one attached hydrogen (secondary N) is 2. The highest BCUT2D eigenvalue weighted by atomic mass is 16.5. The Labute approximate surface area is 170 Å². The quantitative estimate of drug-likeness (QED) is 0.593. The van der Waals surface area contributed by atoms with Crippen molar-refractivity contribution in [3.63, 3.8) is 0 Å². The van der Waals surface area contributed by atoms with E-state index in [2.05, 4.69) is 10.6 Å². The molecule has 0 heterocycles. The molecular formula is C22H27N3O4. The highest BCUT2D eigenvalue weighted by Crippen LogP contribution is 2.21. The highest BCUT2D eigenvalue weighted by Gasteiger charge is 2.22. The van der Waals surface area contributed by atoms with Crippen LogP contribution in [-0.4, -0.2) is 30.4 Å². The van der Waals surface area contributed by atoms with E-state index in [9.17, 15) is 14.4 Å². The van der Waals surface area contributed by atoms with Crippen LogP contribution in [0.1, 0.15) is 42.7 Å². The molecule has 7 nitrogen and oxygen atoms in total. The summed E-state index contributed by atoms with van der Waals surface area (Å²) in [6, 6.07) is 14.7. The monoisotopic (exact) mass is 397 g/mol. The van der Waals surface area contributed by atoms with Gasteiger partial charge in [0, 0.05) is 17.3 Å². The van der Waals surface area contributed by atoms with Crippen LogP contribution in [0.5, 0.6) is 0 Å². The van der Waals surface area contributed by atoms with Gasteiger partial charge in [-0.25, -0.2) is 4.79 Å². The standard InChI is InChI=1S/C22H27N3O4/c1-4-29-22(28)15(3)24-21(27)17-10-12-18(13-11-17)25-20(26)14(2)19(23)16-8-6-5-7-9-16/h5-15,19H,4,23H2,1-3H3,(H,24,27)(H,25,26). The highest BCUT2D eigenvalue weighted by molar-refractivity contribution is 5.98. The fourth-order valence-electron chi connectivity index (χ4n) is 2.69. The van der Waals surface area contributed by atoms with Gasteiger partial charge in [0.1, 0.15) is 6.04 Å². The molecule has 0 aliphatic carbocycles. The van der Waals surface area contributed by atoms with Gasteiger partial charge in [0.25, 0.3) is 5.91 Å². The first kappa shape index (κ1) is 22.1. The molecule has 29 heavy (non-hydrogen) atoms. The Morgan fingerprint density at radius 1 is 1.00 bits per heavy atom. The van der Waals surface area contributed by atoms with Crippen molar-refractivity contribution in [3.05, 3.63) is 65.7 Å². The number of nitrogens with two attached hydrogens (primary N) is 1. The summed E-state index contributed by atoms with van der Waals surface area (Å²) in [6.45, 7) is 5.28. The molecule has 2 aromatic rings. The van der Waals surface area contributed by atoms with E-state index in [1.165, 1.54) is 0 Å². The average molecular weight is 397 g/mol. The second kappa shape index (κ2) is 10.4. The molecule has 0 spiro atoms. The maximum Gasteiger partial charge on any atom is 0.328 e. The van der Waals surface area contributed by atoms with E-state index < -0.39 is 29.9 Å². The van der Waals surface area contributed by atoms with Crippen LogP contribution >= 0.6 is 0 Å². The van der Waals surface area contributed by atoms with Crippen LogP contribution in [0.15, 0.2) is 54.6 Å². The number of rotatable bonds is 8. The van der Waals surface area contributed by atoms with Gasteiger partial charge in [0.15, 0.2) is 0 Å². The fraction of sp³-hybridized carbons (Fsp3) is 0.318. The first-order valence-corrected chi connectivity index (χ1v) is 9.52. The lowest BCUT2D eigenvalue weighted by Crippen LogP contribution is -2.39. The number of carbonyl (C=O) groups excluding carboxylic acids is 3. The van der Waals surface area contributed by atoms with E-state index in [-0.39, 0.29) is 12.5 Å². The zero-order valence-electron chi connectivity index (χ0n) is 16.8. The number of hydrogen-bond donors (Lipinski definition) is 3. The molecule has 7 heteroatoms. The predicted octanol–water partition coefficient (Wildman–Crippen LogP) is 2.64. The third-order valence-corrected chi connectivity index (χ3v) is 4.54. The second-order valence-corrected chi connectivity index (χ2v) is 6.74. The first-order valence-electron chi connectivity index (χ1n) is 9.52. The molecule has 154 valence electrons. The van der Waals surface area contributed by atoms with Gasteiger partial charge >= 0.3 is 5.97 Å². The van der Waals surface area contributed by atoms with E-state index in [1.54, 1.807) is 45.0 Å². The van der Waals surface area contributed by atoms with Gasteiger partial charge in [-0.05, 0) is 43.7 Å². The van der Waals surface area contributed by atoms with Crippen molar-refractivity contribution < 1.29 is 19.1 Å². The Kier molecular flexibility index (Phi) is 7.91. The summed E-state index contributed by atoms with van der Waals surface area (Å²) in [5.74, 6) is -1.54. The lowest BCUT2D eigenvalue weighted by molar-refractivity contribution is -0.144. The minimum absolute atomic E-state index is 0.213. The summed E-state index contributed by atoms with van der Waals surface area (Å²) in [6.07, 6.45) is 0. The van der Waals surface area contributed by atoms with Crippen molar-refractivity contribution in [2.45, 2.75) is 32.9 Å². The molecule has 0 aromatic heterocycles. The van der Waals surface area contributed by atoms with Gasteiger partial charge in [-0.3, -0.25) is 9.59 Å². The van der Waals surface area contributed by atoms with Crippen LogP contribution in [-0.2, 0) is 14.3 Å². The summed E-state index contributed by atoms with van der Waals surface area (Å²) < 4.78 is 4.87. The van der Waals surface area contributed by atoms with Crippen LogP contribution < -0.4 is 16.4 Å². The molecule has 0 saturated heterocycles. The molecule has 0 bridgehead atoms. The van der Waals surface area contributed by atoms with Gasteiger partial charge in [-0.2, -0.15) is 0 Å². The Bertz CT molecular complexity index is 837. The average Bonchev–Trinajstić information content (AvgIpc) is 2.73. The van der Waals surface area contributed by atoms with Gasteiger partial charge in [0.05, 0.1) is 12.5 Å². The molecule has 0 aliphatic heterocycles. The normalized spacial score (nSPS) is 13.7. The predicted molar refractivity (Wildman–Crippen MR) is 111 cm³/mol. The Balaban J connectivity index is 1.95. The van der Waals surface area contributed by atoms with E-state index in [4.69, 9.17) is 10.5 Å². The van der Waals surface area contributed by atoms with E-state index >= 15 is 0 Å². The fourth-order valence-corrected chi connectivity index (χ4v) is 2.69. The van der Waals surface area contributed by atoms with Gasteiger partial charge in [-0.1, -0.05) is 37.3 Å². The largest absolute Gasteiger partial charge is 0.464 e. The van der Waals surface area contributed by atoms with Crippen LogP contribution in [0.2, 0.25) is 0 Å². The van der Waals surface area contributed by atoms with Crippen molar-refractivity contribution in [1.82, 2.24) is 5.32 Å². The van der Waals surface area contributed by atoms with Crippen LogP contribution in [0.4, 0.5) is 5.69 Å². The maximum atomic E-state index is 12.5. The zero-order valence-corrected chi connectivity index (χ0v) is 16.8. The van der Waals surface area contributed by atoms with Gasteiger partial charge < -0.3 is 21.1 Å². The molecule has 3 atom stereocenters. The number of anilines is 1. The molecule has 0 fully saturated rings. The van der Waals surface area contributed by atoms with Crippen molar-refractivity contribution >= 4 is 23.5 Å². The minimum Gasteiger partial charge on any atom is -0.464 e. The Morgan fingerprint density at radius 3 is 2.21 bits per heavy atom. The smallest absolute Gasteiger partial charge is 0.328 e. The van der Waals surface area contributed by atoms with Crippen LogP contribution in [0, 0.1) is 5.92 Å². The number of amides is 2. The van der Waals surface area contributed by atoms with E-state index in [0.29, 0.717) is 11.3 Å². The molecule has 3 unspecified atom stereocenters. The lowest BCUT2D eigenvalue weighted by Gasteiger charge is -2.20. The molecule has 4 N–H and O–H groups in total. The van der Waals surface area contributed by atoms with Crippen molar-refractivity contribution in [1.29, 1.82) is 0 Å². The Hall–Kier alpha value is -3.19. The van der Waals surface area contributed by atoms with Crippen LogP contribution in [0.25, 0.3) is 0 Å². The topological polar surface area (TPSA) is 111 Å². The lowest BCUT2D eigenvalue weighted by atomic mass is 9.94. The molecule has 2 amide bonds. The van der Waals surface area contributed by atoms with Crippen molar-refractivity contribution in [2.24, 2.45) is 11.7 Å². The Morgan fingerprint density at radius 2 is 1.62 bits per heavy atom. The molecule has 0 radical (unpaired) electrons. The van der Waals surface area contributed by atoms with Crippen LogP contribution in [0.3, 0.4) is 0 Å². The van der Waals surface area contributed by atoms with Gasteiger partial charge in [-0.15, -0.1) is 0 Å². The molecule has 2 rings (SSSR count). The molecule has 0 aliphatic rings. The molecule has 2 aromatic carbocycles. The zero-order chi connectivity index (χ0) is 21.4. The SMILES string of the molecule is CCOC(=O)C(C)NC(=O)c1ccc(NC(=O)C(C)C(N)c2ccccc2)cc1.